The summed E-state index contributed by atoms with van der Waals surface area (Å²) in [6.07, 6.45) is 1.36. The highest BCUT2D eigenvalue weighted by molar-refractivity contribution is 7.12. The number of furan rings is 1. The molecule has 3 aromatic rings. The fourth-order valence-corrected chi connectivity index (χ4v) is 2.65. The van der Waals surface area contributed by atoms with Gasteiger partial charge in [-0.05, 0) is 35.7 Å². The largest absolute Gasteiger partial charge is 0.457 e. The number of nitrogens with zero attached hydrogens (tertiary/aromatic N) is 2. The molecule has 0 fully saturated rings. The van der Waals surface area contributed by atoms with E-state index in [1.54, 1.807) is 18.2 Å². The van der Waals surface area contributed by atoms with Crippen molar-refractivity contribution in [1.29, 1.82) is 0 Å². The summed E-state index contributed by atoms with van der Waals surface area (Å²) in [6.45, 7) is 0. The van der Waals surface area contributed by atoms with E-state index in [0.717, 1.165) is 4.88 Å². The predicted octanol–water partition coefficient (Wildman–Crippen LogP) is 3.86. The van der Waals surface area contributed by atoms with Gasteiger partial charge in [0.15, 0.2) is 0 Å². The first-order valence-electron chi connectivity index (χ1n) is 6.76. The molecule has 0 amide bonds. The van der Waals surface area contributed by atoms with Crippen LogP contribution in [0.3, 0.4) is 0 Å². The van der Waals surface area contributed by atoms with Crippen LogP contribution in [0.4, 0.5) is 5.69 Å². The van der Waals surface area contributed by atoms with Gasteiger partial charge in [-0.1, -0.05) is 11.2 Å². The third kappa shape index (κ3) is 3.39. The Hall–Kier alpha value is -3.26. The Balaban J connectivity index is 1.90. The van der Waals surface area contributed by atoms with Crippen LogP contribution in [0.15, 0.2) is 69.7 Å². The lowest BCUT2D eigenvalue weighted by Gasteiger charge is -2.04. The number of thiophene rings is 1. The van der Waals surface area contributed by atoms with Gasteiger partial charge in [-0.15, -0.1) is 11.3 Å². The monoisotopic (exact) mass is 342 g/mol. The zero-order chi connectivity index (χ0) is 16.9. The van der Waals surface area contributed by atoms with Gasteiger partial charge in [0, 0.05) is 17.7 Å². The number of hydrogen-bond donors (Lipinski definition) is 0. The van der Waals surface area contributed by atoms with Gasteiger partial charge in [0.05, 0.1) is 16.1 Å². The van der Waals surface area contributed by atoms with E-state index in [9.17, 15) is 14.9 Å². The molecule has 0 radical (unpaired) electrons. The minimum atomic E-state index is -0.726. The molecule has 2 aromatic heterocycles. The summed E-state index contributed by atoms with van der Waals surface area (Å²) in [6, 6.07) is 12.5. The van der Waals surface area contributed by atoms with E-state index < -0.39 is 10.9 Å². The molecular weight excluding hydrogens is 332 g/mol. The van der Waals surface area contributed by atoms with Crippen molar-refractivity contribution < 1.29 is 19.0 Å². The molecule has 0 aliphatic carbocycles. The lowest BCUT2D eigenvalue weighted by atomic mass is 10.1. The number of hydrogen-bond acceptors (Lipinski definition) is 7. The van der Waals surface area contributed by atoms with Gasteiger partial charge in [0.2, 0.25) is 5.76 Å². The van der Waals surface area contributed by atoms with Gasteiger partial charge in [-0.3, -0.25) is 10.1 Å². The maximum Gasteiger partial charge on any atom is 0.400 e. The fourth-order valence-electron chi connectivity index (χ4n) is 1.92. The summed E-state index contributed by atoms with van der Waals surface area (Å²) in [7, 11) is 0. The first-order chi connectivity index (χ1) is 11.6. The topological polar surface area (TPSA) is 94.9 Å². The number of oxime groups is 1. The second-order valence-corrected chi connectivity index (χ2v) is 5.52. The third-order valence-electron chi connectivity index (χ3n) is 3.05. The Labute approximate surface area is 139 Å². The third-order valence-corrected chi connectivity index (χ3v) is 3.92. The molecule has 0 atom stereocenters. The number of benzene rings is 1. The number of carbonyl (C=O) groups is 1. The van der Waals surface area contributed by atoms with Crippen molar-refractivity contribution in [1.82, 2.24) is 0 Å². The molecule has 7 nitrogen and oxygen atoms in total. The summed E-state index contributed by atoms with van der Waals surface area (Å²) in [4.78, 5) is 27.8. The van der Waals surface area contributed by atoms with Crippen molar-refractivity contribution >= 4 is 28.7 Å². The highest BCUT2D eigenvalue weighted by atomic mass is 32.1. The van der Waals surface area contributed by atoms with Crippen molar-refractivity contribution in [2.75, 3.05) is 0 Å². The van der Waals surface area contributed by atoms with Crippen molar-refractivity contribution in [2.45, 2.75) is 0 Å². The number of rotatable bonds is 5. The van der Waals surface area contributed by atoms with Crippen LogP contribution in [-0.2, 0) is 4.84 Å². The first kappa shape index (κ1) is 15.6. The molecule has 0 spiro atoms. The second-order valence-electron chi connectivity index (χ2n) is 4.58. The lowest BCUT2D eigenvalue weighted by Crippen LogP contribution is -2.06. The minimum absolute atomic E-state index is 0.0307. The molecule has 24 heavy (non-hydrogen) atoms. The fraction of sp³-hybridized carbons (Fsp3) is 0. The van der Waals surface area contributed by atoms with Crippen molar-refractivity contribution in [2.24, 2.45) is 5.16 Å². The number of carbonyl (C=O) groups excluding carboxylic acids is 1. The number of nitro benzene ring substituents is 1. The molecule has 1 aromatic carbocycles. The highest BCUT2D eigenvalue weighted by Gasteiger charge is 2.15. The molecule has 3 rings (SSSR count). The second kappa shape index (κ2) is 6.88. The maximum absolute atomic E-state index is 11.8. The van der Waals surface area contributed by atoms with Crippen molar-refractivity contribution in [3.63, 3.8) is 0 Å². The van der Waals surface area contributed by atoms with Gasteiger partial charge in [-0.2, -0.15) is 0 Å². The average molecular weight is 342 g/mol. The summed E-state index contributed by atoms with van der Waals surface area (Å²) < 4.78 is 4.95. The van der Waals surface area contributed by atoms with Crippen LogP contribution >= 0.6 is 11.3 Å². The maximum atomic E-state index is 11.8. The molecule has 0 bridgehead atoms. The van der Waals surface area contributed by atoms with Crippen LogP contribution in [0.25, 0.3) is 0 Å². The molecule has 8 heteroatoms. The van der Waals surface area contributed by atoms with E-state index in [4.69, 9.17) is 9.25 Å². The zero-order valence-electron chi connectivity index (χ0n) is 12.1. The number of nitro groups is 1. The predicted molar refractivity (Wildman–Crippen MR) is 87.2 cm³/mol. The molecule has 0 unspecified atom stereocenters. The van der Waals surface area contributed by atoms with Gasteiger partial charge < -0.3 is 9.25 Å². The quantitative estimate of drug-likeness (QED) is 0.304. The van der Waals surface area contributed by atoms with Crippen LogP contribution < -0.4 is 0 Å². The van der Waals surface area contributed by atoms with Gasteiger partial charge in [0.25, 0.3) is 5.69 Å². The Bertz CT molecular complexity index is 868. The summed E-state index contributed by atoms with van der Waals surface area (Å²) in [5.74, 6) is -0.691. The Morgan fingerprint density at radius 1 is 1.17 bits per heavy atom. The van der Waals surface area contributed by atoms with E-state index in [2.05, 4.69) is 5.16 Å². The van der Waals surface area contributed by atoms with Gasteiger partial charge in [0.1, 0.15) is 5.71 Å². The van der Waals surface area contributed by atoms with E-state index in [0.29, 0.717) is 11.3 Å². The molecule has 0 aliphatic heterocycles. The Kier molecular flexibility index (Phi) is 4.48. The van der Waals surface area contributed by atoms with Crippen LogP contribution in [0.5, 0.6) is 0 Å². The standard InChI is InChI=1S/C16H10N2O5S/c19-16(13-3-1-9-22-13)23-17-15(14-4-2-10-24-14)11-5-7-12(8-6-11)18(20)21/h1-10H. The van der Waals surface area contributed by atoms with Crippen LogP contribution in [0.1, 0.15) is 21.0 Å². The lowest BCUT2D eigenvalue weighted by molar-refractivity contribution is -0.384. The van der Waals surface area contributed by atoms with Crippen molar-refractivity contribution in [3.8, 4) is 0 Å². The first-order valence-corrected chi connectivity index (χ1v) is 7.64. The van der Waals surface area contributed by atoms with E-state index in [1.165, 1.54) is 35.8 Å². The zero-order valence-corrected chi connectivity index (χ0v) is 12.9. The molecule has 2 heterocycles. The molecule has 0 N–H and O–H groups in total. The number of non-ortho nitro benzene ring substituents is 1. The molecular formula is C16H10N2O5S. The van der Waals surface area contributed by atoms with E-state index >= 15 is 0 Å². The van der Waals surface area contributed by atoms with Crippen molar-refractivity contribution in [3.05, 3.63) is 86.5 Å². The van der Waals surface area contributed by atoms with E-state index in [-0.39, 0.29) is 11.4 Å². The summed E-state index contributed by atoms with van der Waals surface area (Å²) in [5, 5.41) is 16.5. The smallest absolute Gasteiger partial charge is 0.400 e. The summed E-state index contributed by atoms with van der Waals surface area (Å²) in [5.41, 5.74) is 0.965. The molecule has 0 saturated carbocycles. The Morgan fingerprint density at radius 3 is 2.54 bits per heavy atom. The van der Waals surface area contributed by atoms with Crippen LogP contribution in [0, 0.1) is 10.1 Å². The normalized spacial score (nSPS) is 11.2. The average Bonchev–Trinajstić information content (AvgIpc) is 3.29. The van der Waals surface area contributed by atoms with Gasteiger partial charge >= 0.3 is 5.97 Å². The summed E-state index contributed by atoms with van der Waals surface area (Å²) >= 11 is 1.41. The SMILES string of the molecule is O=C(ON=C(c1ccc([N+](=O)[O-])cc1)c1cccs1)c1ccco1. The molecule has 0 aliphatic rings. The highest BCUT2D eigenvalue weighted by Crippen LogP contribution is 2.19. The van der Waals surface area contributed by atoms with Crippen LogP contribution in [0.2, 0.25) is 0 Å². The van der Waals surface area contributed by atoms with Crippen LogP contribution in [-0.4, -0.2) is 16.6 Å². The molecule has 0 saturated heterocycles. The Morgan fingerprint density at radius 2 is 1.96 bits per heavy atom. The minimum Gasteiger partial charge on any atom is -0.457 e. The molecule has 120 valence electrons. The van der Waals surface area contributed by atoms with E-state index in [1.807, 2.05) is 17.5 Å². The van der Waals surface area contributed by atoms with Gasteiger partial charge in [-0.25, -0.2) is 4.79 Å².